The van der Waals surface area contributed by atoms with Gasteiger partial charge in [0.2, 0.25) is 5.82 Å². The fourth-order valence-corrected chi connectivity index (χ4v) is 3.57. The van der Waals surface area contributed by atoms with E-state index in [1.807, 2.05) is 0 Å². The van der Waals surface area contributed by atoms with E-state index < -0.39 is 18.6 Å². The number of aryl methyl sites for hydroxylation is 2. The molecule has 3 aromatic rings. The fraction of sp³-hybridized carbons (Fsp3) is 0.227. The van der Waals surface area contributed by atoms with Crippen molar-refractivity contribution in [1.82, 2.24) is 15.3 Å². The molecule has 1 heterocycles. The van der Waals surface area contributed by atoms with E-state index in [1.165, 1.54) is 6.20 Å². The predicted molar refractivity (Wildman–Crippen MR) is 119 cm³/mol. The number of carbonyl (C=O) groups is 1. The van der Waals surface area contributed by atoms with E-state index in [4.69, 9.17) is 23.2 Å². The SMILES string of the molecule is Cc1cc(CNCC(F)(F)F)cc(C)c1NC(=O)c1nccc(-c2cc(Cl)ccc2Cl)n1. The summed E-state index contributed by atoms with van der Waals surface area (Å²) < 4.78 is 37.0. The summed E-state index contributed by atoms with van der Waals surface area (Å²) in [6.45, 7) is 2.51. The summed E-state index contributed by atoms with van der Waals surface area (Å²) in [5.41, 5.74) is 3.64. The van der Waals surface area contributed by atoms with Gasteiger partial charge < -0.3 is 10.6 Å². The van der Waals surface area contributed by atoms with E-state index in [-0.39, 0.29) is 12.4 Å². The second kappa shape index (κ2) is 9.85. The van der Waals surface area contributed by atoms with Crippen LogP contribution in [0.25, 0.3) is 11.3 Å². The Balaban J connectivity index is 1.78. The van der Waals surface area contributed by atoms with Crippen LogP contribution in [0.4, 0.5) is 18.9 Å². The summed E-state index contributed by atoms with van der Waals surface area (Å²) in [5.74, 6) is -0.590. The van der Waals surface area contributed by atoms with Gasteiger partial charge in [0.25, 0.3) is 5.91 Å². The number of aromatic nitrogens is 2. The lowest BCUT2D eigenvalue weighted by molar-refractivity contribution is -0.125. The van der Waals surface area contributed by atoms with Crippen LogP contribution in [0.1, 0.15) is 27.3 Å². The summed E-state index contributed by atoms with van der Waals surface area (Å²) >= 11 is 12.3. The van der Waals surface area contributed by atoms with Gasteiger partial charge in [0, 0.05) is 29.0 Å². The standard InChI is InChI=1S/C22H19Cl2F3N4O/c1-12-7-14(10-28-11-22(25,26)27)8-13(2)19(12)31-21(32)20-29-6-5-18(30-20)16-9-15(23)3-4-17(16)24/h3-9,28H,10-11H2,1-2H3,(H,31,32). The number of anilines is 1. The van der Waals surface area contributed by atoms with E-state index in [9.17, 15) is 18.0 Å². The molecule has 1 aromatic heterocycles. The van der Waals surface area contributed by atoms with Crippen LogP contribution < -0.4 is 10.6 Å². The smallest absolute Gasteiger partial charge is 0.319 e. The quantitative estimate of drug-likeness (QED) is 0.454. The maximum Gasteiger partial charge on any atom is 0.401 e. The van der Waals surface area contributed by atoms with E-state index in [0.29, 0.717) is 43.7 Å². The number of carbonyl (C=O) groups excluding carboxylic acids is 1. The highest BCUT2D eigenvalue weighted by Crippen LogP contribution is 2.29. The molecular weight excluding hydrogens is 464 g/mol. The number of hydrogen-bond donors (Lipinski definition) is 2. The Morgan fingerprint density at radius 1 is 1.06 bits per heavy atom. The molecule has 168 valence electrons. The third-order valence-electron chi connectivity index (χ3n) is 4.55. The topological polar surface area (TPSA) is 66.9 Å². The summed E-state index contributed by atoms with van der Waals surface area (Å²) in [6.07, 6.45) is -2.83. The molecule has 3 rings (SSSR count). The molecule has 0 atom stereocenters. The van der Waals surface area contributed by atoms with Gasteiger partial charge in [0.15, 0.2) is 0 Å². The minimum absolute atomic E-state index is 0.0565. The zero-order chi connectivity index (χ0) is 23.5. The van der Waals surface area contributed by atoms with Crippen molar-refractivity contribution in [3.05, 3.63) is 75.2 Å². The number of halogens is 5. The van der Waals surface area contributed by atoms with Crippen LogP contribution in [0.3, 0.4) is 0 Å². The lowest BCUT2D eigenvalue weighted by atomic mass is 10.0. The number of amides is 1. The Labute approximate surface area is 193 Å². The highest BCUT2D eigenvalue weighted by molar-refractivity contribution is 6.35. The first-order chi connectivity index (χ1) is 15.0. The maximum atomic E-state index is 12.8. The third kappa shape index (κ3) is 6.18. The Hall–Kier alpha value is -2.68. The van der Waals surface area contributed by atoms with Crippen LogP contribution in [0.2, 0.25) is 10.0 Å². The van der Waals surface area contributed by atoms with Crippen molar-refractivity contribution in [2.75, 3.05) is 11.9 Å². The summed E-state index contributed by atoms with van der Waals surface area (Å²) in [5, 5.41) is 6.05. The summed E-state index contributed by atoms with van der Waals surface area (Å²) in [4.78, 5) is 21.1. The molecule has 0 saturated carbocycles. The molecule has 0 aliphatic rings. The van der Waals surface area contributed by atoms with E-state index in [1.54, 1.807) is 50.2 Å². The Morgan fingerprint density at radius 2 is 1.75 bits per heavy atom. The Morgan fingerprint density at radius 3 is 2.41 bits per heavy atom. The molecule has 0 unspecified atom stereocenters. The van der Waals surface area contributed by atoms with Crippen molar-refractivity contribution >= 4 is 34.8 Å². The first-order valence-corrected chi connectivity index (χ1v) is 10.3. The van der Waals surface area contributed by atoms with Gasteiger partial charge in [0.05, 0.1) is 17.3 Å². The van der Waals surface area contributed by atoms with Crippen molar-refractivity contribution < 1.29 is 18.0 Å². The fourth-order valence-electron chi connectivity index (χ4n) is 3.18. The third-order valence-corrected chi connectivity index (χ3v) is 5.11. The van der Waals surface area contributed by atoms with E-state index >= 15 is 0 Å². The molecule has 0 fully saturated rings. The molecular formula is C22H19Cl2F3N4O. The maximum absolute atomic E-state index is 12.8. The van der Waals surface area contributed by atoms with Crippen LogP contribution in [0, 0.1) is 13.8 Å². The highest BCUT2D eigenvalue weighted by Gasteiger charge is 2.26. The number of hydrogen-bond acceptors (Lipinski definition) is 4. The molecule has 10 heteroatoms. The second-order valence-electron chi connectivity index (χ2n) is 7.17. The normalized spacial score (nSPS) is 11.5. The van der Waals surface area contributed by atoms with Crippen LogP contribution in [0.15, 0.2) is 42.6 Å². The van der Waals surface area contributed by atoms with Crippen molar-refractivity contribution in [2.45, 2.75) is 26.6 Å². The lowest BCUT2D eigenvalue weighted by Crippen LogP contribution is -2.28. The van der Waals surface area contributed by atoms with Crippen molar-refractivity contribution in [1.29, 1.82) is 0 Å². The molecule has 0 aliphatic carbocycles. The second-order valence-corrected chi connectivity index (χ2v) is 8.01. The number of benzene rings is 2. The van der Waals surface area contributed by atoms with Crippen LogP contribution in [-0.2, 0) is 6.54 Å². The van der Waals surface area contributed by atoms with Gasteiger partial charge in [-0.05, 0) is 54.8 Å². The first kappa shape index (κ1) is 24.0. The molecule has 1 amide bonds. The minimum Gasteiger partial charge on any atom is -0.319 e. The van der Waals surface area contributed by atoms with E-state index in [2.05, 4.69) is 20.6 Å². The minimum atomic E-state index is -4.28. The van der Waals surface area contributed by atoms with Gasteiger partial charge in [-0.1, -0.05) is 35.3 Å². The molecule has 2 aromatic carbocycles. The number of nitrogens with zero attached hydrogens (tertiary/aromatic N) is 2. The molecule has 0 saturated heterocycles. The van der Waals surface area contributed by atoms with Crippen molar-refractivity contribution in [3.8, 4) is 11.3 Å². The van der Waals surface area contributed by atoms with Crippen molar-refractivity contribution in [3.63, 3.8) is 0 Å². The Kier molecular flexibility index (Phi) is 7.38. The Bertz CT molecular complexity index is 1130. The van der Waals surface area contributed by atoms with Crippen molar-refractivity contribution in [2.24, 2.45) is 0 Å². The van der Waals surface area contributed by atoms with Gasteiger partial charge in [0.1, 0.15) is 0 Å². The van der Waals surface area contributed by atoms with Crippen LogP contribution in [-0.4, -0.2) is 28.6 Å². The number of rotatable bonds is 6. The number of nitrogens with one attached hydrogen (secondary N) is 2. The molecule has 5 nitrogen and oxygen atoms in total. The highest BCUT2D eigenvalue weighted by atomic mass is 35.5. The van der Waals surface area contributed by atoms with Crippen LogP contribution in [0.5, 0.6) is 0 Å². The largest absolute Gasteiger partial charge is 0.401 e. The summed E-state index contributed by atoms with van der Waals surface area (Å²) in [7, 11) is 0. The van der Waals surface area contributed by atoms with Crippen LogP contribution >= 0.6 is 23.2 Å². The lowest BCUT2D eigenvalue weighted by Gasteiger charge is -2.15. The van der Waals surface area contributed by atoms with Gasteiger partial charge in [-0.2, -0.15) is 13.2 Å². The molecule has 0 spiro atoms. The van der Waals surface area contributed by atoms with Gasteiger partial charge in [-0.15, -0.1) is 0 Å². The molecule has 0 bridgehead atoms. The predicted octanol–water partition coefficient (Wildman–Crippen LogP) is 5.97. The molecule has 2 N–H and O–H groups in total. The average molecular weight is 483 g/mol. The van der Waals surface area contributed by atoms with E-state index in [0.717, 1.165) is 0 Å². The monoisotopic (exact) mass is 482 g/mol. The zero-order valence-corrected chi connectivity index (χ0v) is 18.7. The molecule has 32 heavy (non-hydrogen) atoms. The molecule has 0 radical (unpaired) electrons. The molecule has 0 aliphatic heterocycles. The average Bonchev–Trinajstić information content (AvgIpc) is 2.71. The zero-order valence-electron chi connectivity index (χ0n) is 17.1. The van der Waals surface area contributed by atoms with Gasteiger partial charge >= 0.3 is 6.18 Å². The van der Waals surface area contributed by atoms with Gasteiger partial charge in [-0.3, -0.25) is 4.79 Å². The summed E-state index contributed by atoms with van der Waals surface area (Å²) in [6, 6.07) is 9.99. The number of alkyl halides is 3. The first-order valence-electron chi connectivity index (χ1n) is 9.51. The van der Waals surface area contributed by atoms with Gasteiger partial charge in [-0.25, -0.2) is 9.97 Å².